The van der Waals surface area contributed by atoms with E-state index in [1.54, 1.807) is 4.90 Å². The predicted molar refractivity (Wildman–Crippen MR) is 77.5 cm³/mol. The first kappa shape index (κ1) is 15.4. The number of benzene rings is 1. The summed E-state index contributed by atoms with van der Waals surface area (Å²) in [6.07, 6.45) is 0.403. The van der Waals surface area contributed by atoms with Gasteiger partial charge in [0.1, 0.15) is 6.61 Å². The quantitative estimate of drug-likeness (QED) is 0.803. The number of carbonyl (C=O) groups excluding carboxylic acids is 2. The maximum absolute atomic E-state index is 12.1. The topological polar surface area (TPSA) is 55.8 Å². The van der Waals surface area contributed by atoms with Gasteiger partial charge in [0, 0.05) is 13.1 Å². The number of ether oxygens (including phenoxy) is 2. The summed E-state index contributed by atoms with van der Waals surface area (Å²) in [5, 5.41) is 0. The number of hydrogen-bond donors (Lipinski definition) is 0. The average Bonchev–Trinajstić information content (AvgIpc) is 2.53. The molecule has 1 aliphatic heterocycles. The summed E-state index contributed by atoms with van der Waals surface area (Å²) >= 11 is 0. The van der Waals surface area contributed by atoms with Crippen LogP contribution in [0.15, 0.2) is 30.3 Å². The van der Waals surface area contributed by atoms with Gasteiger partial charge >= 0.3 is 12.1 Å². The molecule has 0 N–H and O–H groups in total. The maximum Gasteiger partial charge on any atom is 0.410 e. The van der Waals surface area contributed by atoms with E-state index in [1.165, 1.54) is 7.11 Å². The molecule has 1 aromatic rings. The van der Waals surface area contributed by atoms with Gasteiger partial charge in [-0.15, -0.1) is 0 Å². The first-order chi connectivity index (χ1) is 10.1. The Morgan fingerprint density at radius 3 is 2.67 bits per heavy atom. The average molecular weight is 291 g/mol. The first-order valence-electron chi connectivity index (χ1n) is 7.15. The molecule has 1 amide bonds. The van der Waals surface area contributed by atoms with Crippen LogP contribution in [0.25, 0.3) is 0 Å². The van der Waals surface area contributed by atoms with Crippen LogP contribution in [0.2, 0.25) is 0 Å². The van der Waals surface area contributed by atoms with Crippen molar-refractivity contribution in [3.63, 3.8) is 0 Å². The molecule has 0 radical (unpaired) electrons. The molecule has 0 bridgehead atoms. The van der Waals surface area contributed by atoms with Crippen molar-refractivity contribution in [3.05, 3.63) is 35.9 Å². The Morgan fingerprint density at radius 1 is 1.29 bits per heavy atom. The van der Waals surface area contributed by atoms with Gasteiger partial charge in [0.05, 0.1) is 13.0 Å². The first-order valence-corrected chi connectivity index (χ1v) is 7.15. The Hall–Kier alpha value is -2.04. The van der Waals surface area contributed by atoms with Crippen LogP contribution in [0.3, 0.4) is 0 Å². The second-order valence-corrected chi connectivity index (χ2v) is 5.38. The fraction of sp³-hybridized carbons (Fsp3) is 0.500. The second kappa shape index (κ2) is 7.11. The van der Waals surface area contributed by atoms with E-state index in [0.29, 0.717) is 13.1 Å². The Morgan fingerprint density at radius 2 is 2.00 bits per heavy atom. The molecule has 114 valence electrons. The monoisotopic (exact) mass is 291 g/mol. The third-order valence-electron chi connectivity index (χ3n) is 3.93. The fourth-order valence-corrected chi connectivity index (χ4v) is 2.50. The van der Waals surface area contributed by atoms with E-state index in [9.17, 15) is 9.59 Å². The highest BCUT2D eigenvalue weighted by Gasteiger charge is 2.34. The van der Waals surface area contributed by atoms with Crippen LogP contribution in [-0.2, 0) is 20.9 Å². The predicted octanol–water partition coefficient (Wildman–Crippen LogP) is 2.45. The molecule has 0 spiro atoms. The van der Waals surface area contributed by atoms with Crippen molar-refractivity contribution in [3.8, 4) is 0 Å². The zero-order valence-corrected chi connectivity index (χ0v) is 12.5. The Bertz CT molecular complexity index is 488. The molecule has 5 nitrogen and oxygen atoms in total. The van der Waals surface area contributed by atoms with Crippen LogP contribution in [-0.4, -0.2) is 37.2 Å². The molecule has 21 heavy (non-hydrogen) atoms. The minimum absolute atomic E-state index is 0.218. The van der Waals surface area contributed by atoms with Crippen LogP contribution in [0.4, 0.5) is 4.79 Å². The highest BCUT2D eigenvalue weighted by Crippen LogP contribution is 2.24. The molecule has 0 saturated carbocycles. The molecule has 0 aliphatic carbocycles. The third-order valence-corrected chi connectivity index (χ3v) is 3.93. The zero-order valence-electron chi connectivity index (χ0n) is 12.5. The van der Waals surface area contributed by atoms with Crippen molar-refractivity contribution in [2.75, 3.05) is 20.2 Å². The normalized spacial score (nSPS) is 21.7. The number of carbonyl (C=O) groups is 2. The third kappa shape index (κ3) is 3.97. The number of esters is 1. The summed E-state index contributed by atoms with van der Waals surface area (Å²) in [7, 11) is 1.38. The summed E-state index contributed by atoms with van der Waals surface area (Å²) in [5.74, 6) is -0.313. The van der Waals surface area contributed by atoms with Gasteiger partial charge in [0.15, 0.2) is 0 Å². The number of rotatable bonds is 3. The summed E-state index contributed by atoms with van der Waals surface area (Å²) in [4.78, 5) is 25.4. The molecular formula is C16H21NO4. The van der Waals surface area contributed by atoms with E-state index in [0.717, 1.165) is 12.0 Å². The van der Waals surface area contributed by atoms with Gasteiger partial charge in [-0.05, 0) is 17.9 Å². The Balaban J connectivity index is 1.89. The van der Waals surface area contributed by atoms with Crippen molar-refractivity contribution < 1.29 is 19.1 Å². The molecular weight excluding hydrogens is 270 g/mol. The highest BCUT2D eigenvalue weighted by atomic mass is 16.6. The van der Waals surface area contributed by atoms with Crippen molar-refractivity contribution in [2.24, 2.45) is 11.8 Å². The van der Waals surface area contributed by atoms with Crippen LogP contribution in [0, 0.1) is 11.8 Å². The van der Waals surface area contributed by atoms with E-state index < -0.39 is 0 Å². The smallest absolute Gasteiger partial charge is 0.410 e. The fourth-order valence-electron chi connectivity index (χ4n) is 2.50. The van der Waals surface area contributed by atoms with E-state index in [2.05, 4.69) is 0 Å². The lowest BCUT2D eigenvalue weighted by Gasteiger charge is -2.34. The molecule has 0 unspecified atom stereocenters. The van der Waals surface area contributed by atoms with Crippen molar-refractivity contribution in [1.82, 2.24) is 4.90 Å². The Labute approximate surface area is 124 Å². The number of amides is 1. The zero-order chi connectivity index (χ0) is 15.2. The van der Waals surface area contributed by atoms with Crippen molar-refractivity contribution in [2.45, 2.75) is 20.0 Å². The van der Waals surface area contributed by atoms with Crippen LogP contribution in [0.5, 0.6) is 0 Å². The van der Waals surface area contributed by atoms with Gasteiger partial charge in [-0.1, -0.05) is 37.3 Å². The largest absolute Gasteiger partial charge is 0.469 e. The van der Waals surface area contributed by atoms with Gasteiger partial charge < -0.3 is 14.4 Å². The van der Waals surface area contributed by atoms with Gasteiger partial charge in [-0.2, -0.15) is 0 Å². The molecule has 1 saturated heterocycles. The number of nitrogens with zero attached hydrogens (tertiary/aromatic N) is 1. The highest BCUT2D eigenvalue weighted by molar-refractivity contribution is 5.75. The SMILES string of the molecule is COC(=O)[C@H]1CN(C(=O)OCc2ccccc2)CC[C@H]1C. The Kier molecular flexibility index (Phi) is 5.20. The van der Waals surface area contributed by atoms with Gasteiger partial charge in [-0.25, -0.2) is 4.79 Å². The van der Waals surface area contributed by atoms with Crippen LogP contribution < -0.4 is 0 Å². The summed E-state index contributed by atoms with van der Waals surface area (Å²) in [6, 6.07) is 9.53. The summed E-state index contributed by atoms with van der Waals surface area (Å²) < 4.78 is 10.1. The number of methoxy groups -OCH3 is 1. The molecule has 1 heterocycles. The van der Waals surface area contributed by atoms with Gasteiger partial charge in [0.2, 0.25) is 0 Å². The molecule has 5 heteroatoms. The second-order valence-electron chi connectivity index (χ2n) is 5.38. The lowest BCUT2D eigenvalue weighted by Crippen LogP contribution is -2.46. The van der Waals surface area contributed by atoms with Crippen molar-refractivity contribution in [1.29, 1.82) is 0 Å². The van der Waals surface area contributed by atoms with Gasteiger partial charge in [0.25, 0.3) is 0 Å². The number of likely N-dealkylation sites (tertiary alicyclic amines) is 1. The number of hydrogen-bond acceptors (Lipinski definition) is 4. The number of piperidine rings is 1. The van der Waals surface area contributed by atoms with E-state index in [1.807, 2.05) is 37.3 Å². The van der Waals surface area contributed by atoms with E-state index in [4.69, 9.17) is 9.47 Å². The molecule has 1 aliphatic rings. The molecule has 0 aromatic heterocycles. The standard InChI is InChI=1S/C16H21NO4/c1-12-8-9-17(10-14(12)15(18)20-2)16(19)21-11-13-6-4-3-5-7-13/h3-7,12,14H,8-11H2,1-2H3/t12-,14+/m1/s1. The lowest BCUT2D eigenvalue weighted by atomic mass is 9.87. The molecule has 2 rings (SSSR count). The molecule has 1 fully saturated rings. The lowest BCUT2D eigenvalue weighted by molar-refractivity contribution is -0.149. The minimum Gasteiger partial charge on any atom is -0.469 e. The van der Waals surface area contributed by atoms with E-state index in [-0.39, 0.29) is 30.5 Å². The van der Waals surface area contributed by atoms with Crippen LogP contribution in [0.1, 0.15) is 18.9 Å². The van der Waals surface area contributed by atoms with Gasteiger partial charge in [-0.3, -0.25) is 4.79 Å². The van der Waals surface area contributed by atoms with Crippen LogP contribution >= 0.6 is 0 Å². The van der Waals surface area contributed by atoms with E-state index >= 15 is 0 Å². The summed E-state index contributed by atoms with van der Waals surface area (Å²) in [6.45, 7) is 3.23. The van der Waals surface area contributed by atoms with Crippen molar-refractivity contribution >= 4 is 12.1 Å². The minimum atomic E-state index is -0.375. The molecule has 2 atom stereocenters. The molecule has 1 aromatic carbocycles. The summed E-state index contributed by atoms with van der Waals surface area (Å²) in [5.41, 5.74) is 0.945. The maximum atomic E-state index is 12.1.